The van der Waals surface area contributed by atoms with Gasteiger partial charge in [-0.2, -0.15) is 0 Å². The first-order chi connectivity index (χ1) is 12.4. The zero-order chi connectivity index (χ0) is 18.7. The first-order valence-corrected chi connectivity index (χ1v) is 11.3. The molecular weight excluding hydrogens is 352 g/mol. The van der Waals surface area contributed by atoms with E-state index < -0.39 is 10.0 Å². The summed E-state index contributed by atoms with van der Waals surface area (Å²) >= 11 is 0. The molecule has 1 amide bonds. The number of aromatic nitrogens is 1. The lowest BCUT2D eigenvalue weighted by Gasteiger charge is -2.31. The van der Waals surface area contributed by atoms with Crippen molar-refractivity contribution in [2.45, 2.75) is 31.7 Å². The summed E-state index contributed by atoms with van der Waals surface area (Å²) in [4.78, 5) is 15.1. The molecule has 2 fully saturated rings. The highest BCUT2D eigenvalue weighted by molar-refractivity contribution is 7.88. The zero-order valence-electron chi connectivity index (χ0n) is 15.7. The van der Waals surface area contributed by atoms with Crippen LogP contribution < -0.4 is 5.32 Å². The number of piperidine rings is 1. The van der Waals surface area contributed by atoms with Crippen LogP contribution >= 0.6 is 0 Å². The molecule has 0 bridgehead atoms. The van der Waals surface area contributed by atoms with Crippen molar-refractivity contribution < 1.29 is 13.2 Å². The molecule has 0 spiro atoms. The van der Waals surface area contributed by atoms with Crippen molar-refractivity contribution in [3.63, 3.8) is 0 Å². The van der Waals surface area contributed by atoms with Crippen molar-refractivity contribution in [3.8, 4) is 0 Å². The monoisotopic (exact) mass is 382 g/mol. The van der Waals surface area contributed by atoms with E-state index in [1.807, 2.05) is 19.3 Å². The quantitative estimate of drug-likeness (QED) is 0.795. The summed E-state index contributed by atoms with van der Waals surface area (Å²) in [5.41, 5.74) is 1.22. The molecule has 1 atom stereocenters. The average molecular weight is 383 g/mol. The van der Waals surface area contributed by atoms with Gasteiger partial charge < -0.3 is 9.88 Å². The summed E-state index contributed by atoms with van der Waals surface area (Å²) < 4.78 is 26.8. The molecule has 1 N–H and O–H groups in total. The minimum atomic E-state index is -3.15. The Morgan fingerprint density at radius 2 is 1.88 bits per heavy atom. The molecule has 7 nitrogen and oxygen atoms in total. The number of sulfonamides is 1. The molecule has 0 saturated carbocycles. The molecule has 146 valence electrons. The highest BCUT2D eigenvalue weighted by atomic mass is 32.2. The van der Waals surface area contributed by atoms with Crippen LogP contribution in [0.4, 0.5) is 0 Å². The van der Waals surface area contributed by atoms with E-state index in [1.54, 1.807) is 0 Å². The molecule has 26 heavy (non-hydrogen) atoms. The third-order valence-corrected chi connectivity index (χ3v) is 6.97. The Bertz CT molecular complexity index is 717. The molecule has 8 heteroatoms. The third kappa shape index (κ3) is 4.47. The van der Waals surface area contributed by atoms with Gasteiger partial charge in [0.1, 0.15) is 0 Å². The van der Waals surface area contributed by atoms with E-state index in [1.165, 1.54) is 29.1 Å². The number of rotatable bonds is 6. The number of hydrogen-bond acceptors (Lipinski definition) is 4. The molecule has 1 aromatic heterocycles. The Kier molecular flexibility index (Phi) is 6.04. The van der Waals surface area contributed by atoms with Gasteiger partial charge in [0, 0.05) is 44.5 Å². The standard InChI is InChI=1S/C18H30N4O3S/c1-20-9-5-6-16(20)17(21-10-3-4-11-21)14-19-18(23)15-7-12-22(13-8-15)26(2,24)25/h5-6,9,15,17H,3-4,7-8,10-14H2,1-2H3,(H,19,23)/t17-/m1/s1. The van der Waals surface area contributed by atoms with Crippen LogP contribution in [-0.2, 0) is 21.9 Å². The fourth-order valence-corrected chi connectivity index (χ4v) is 4.96. The van der Waals surface area contributed by atoms with E-state index in [-0.39, 0.29) is 17.9 Å². The molecule has 3 rings (SSSR count). The van der Waals surface area contributed by atoms with Gasteiger partial charge in [-0.05, 0) is 50.9 Å². The third-order valence-electron chi connectivity index (χ3n) is 5.67. The number of nitrogens with zero attached hydrogens (tertiary/aromatic N) is 3. The van der Waals surface area contributed by atoms with Gasteiger partial charge in [-0.1, -0.05) is 0 Å². The molecule has 3 heterocycles. The maximum Gasteiger partial charge on any atom is 0.223 e. The van der Waals surface area contributed by atoms with E-state index in [2.05, 4.69) is 20.9 Å². The second kappa shape index (κ2) is 8.10. The molecule has 0 unspecified atom stereocenters. The van der Waals surface area contributed by atoms with E-state index >= 15 is 0 Å². The molecule has 0 aromatic carbocycles. The van der Waals surface area contributed by atoms with Gasteiger partial charge in [-0.25, -0.2) is 12.7 Å². The summed E-state index contributed by atoms with van der Waals surface area (Å²) in [6.07, 6.45) is 6.88. The molecule has 0 radical (unpaired) electrons. The number of aryl methyl sites for hydroxylation is 1. The Morgan fingerprint density at radius 3 is 2.42 bits per heavy atom. The summed E-state index contributed by atoms with van der Waals surface area (Å²) in [5.74, 6) is -0.0443. The van der Waals surface area contributed by atoms with Crippen molar-refractivity contribution in [1.82, 2.24) is 19.1 Å². The number of likely N-dealkylation sites (tertiary alicyclic amines) is 1. The fourth-order valence-electron chi connectivity index (χ4n) is 4.09. The average Bonchev–Trinajstić information content (AvgIpc) is 3.27. The normalized spacial score (nSPS) is 21.8. The van der Waals surface area contributed by atoms with Crippen molar-refractivity contribution in [3.05, 3.63) is 24.0 Å². The minimum Gasteiger partial charge on any atom is -0.354 e. The number of hydrogen-bond donors (Lipinski definition) is 1. The number of nitrogens with one attached hydrogen (secondary N) is 1. The van der Waals surface area contributed by atoms with Crippen LogP contribution in [0, 0.1) is 5.92 Å². The lowest BCUT2D eigenvalue weighted by atomic mass is 9.97. The summed E-state index contributed by atoms with van der Waals surface area (Å²) in [7, 11) is -1.11. The highest BCUT2D eigenvalue weighted by Crippen LogP contribution is 2.25. The Morgan fingerprint density at radius 1 is 1.23 bits per heavy atom. The molecule has 0 aliphatic carbocycles. The van der Waals surface area contributed by atoms with Gasteiger partial charge in [-0.3, -0.25) is 9.69 Å². The Labute approximate surface area is 156 Å². The lowest BCUT2D eigenvalue weighted by Crippen LogP contribution is -2.44. The summed E-state index contributed by atoms with van der Waals surface area (Å²) in [5, 5.41) is 3.14. The first kappa shape index (κ1) is 19.4. The molecular formula is C18H30N4O3S. The molecule has 2 saturated heterocycles. The number of carbonyl (C=O) groups excluding carboxylic acids is 1. The van der Waals surface area contributed by atoms with Gasteiger partial charge in [0.2, 0.25) is 15.9 Å². The van der Waals surface area contributed by atoms with Gasteiger partial charge >= 0.3 is 0 Å². The van der Waals surface area contributed by atoms with Gasteiger partial charge in [0.25, 0.3) is 0 Å². The van der Waals surface area contributed by atoms with E-state index in [9.17, 15) is 13.2 Å². The van der Waals surface area contributed by atoms with Crippen molar-refractivity contribution in [1.29, 1.82) is 0 Å². The van der Waals surface area contributed by atoms with Crippen molar-refractivity contribution >= 4 is 15.9 Å². The van der Waals surface area contributed by atoms with Gasteiger partial charge in [0.05, 0.1) is 12.3 Å². The van der Waals surface area contributed by atoms with Crippen LogP contribution in [0.5, 0.6) is 0 Å². The van der Waals surface area contributed by atoms with Crippen LogP contribution in [0.15, 0.2) is 18.3 Å². The van der Waals surface area contributed by atoms with Crippen LogP contribution in [-0.4, -0.2) is 67.1 Å². The van der Waals surface area contributed by atoms with Crippen LogP contribution in [0.1, 0.15) is 37.4 Å². The Hall–Kier alpha value is -1.38. The smallest absolute Gasteiger partial charge is 0.223 e. The summed E-state index contributed by atoms with van der Waals surface area (Å²) in [6.45, 7) is 3.61. The van der Waals surface area contributed by atoms with Gasteiger partial charge in [-0.15, -0.1) is 0 Å². The largest absolute Gasteiger partial charge is 0.354 e. The maximum absolute atomic E-state index is 12.6. The Balaban J connectivity index is 1.57. The zero-order valence-corrected chi connectivity index (χ0v) is 16.5. The van der Waals surface area contributed by atoms with E-state index in [0.717, 1.165) is 13.1 Å². The van der Waals surface area contributed by atoms with E-state index in [0.29, 0.717) is 32.5 Å². The highest BCUT2D eigenvalue weighted by Gasteiger charge is 2.30. The number of carbonyl (C=O) groups is 1. The lowest BCUT2D eigenvalue weighted by molar-refractivity contribution is -0.126. The van der Waals surface area contributed by atoms with Crippen molar-refractivity contribution in [2.75, 3.05) is 39.0 Å². The van der Waals surface area contributed by atoms with Gasteiger partial charge in [0.15, 0.2) is 0 Å². The predicted molar refractivity (Wildman–Crippen MR) is 101 cm³/mol. The molecule has 2 aliphatic heterocycles. The molecule has 2 aliphatic rings. The van der Waals surface area contributed by atoms with Crippen LogP contribution in [0.2, 0.25) is 0 Å². The van der Waals surface area contributed by atoms with Crippen molar-refractivity contribution in [2.24, 2.45) is 13.0 Å². The van der Waals surface area contributed by atoms with Crippen LogP contribution in [0.25, 0.3) is 0 Å². The fraction of sp³-hybridized carbons (Fsp3) is 0.722. The predicted octanol–water partition coefficient (Wildman–Crippen LogP) is 0.950. The number of amides is 1. The van der Waals surface area contributed by atoms with E-state index in [4.69, 9.17) is 0 Å². The van der Waals surface area contributed by atoms with Crippen LogP contribution in [0.3, 0.4) is 0 Å². The maximum atomic E-state index is 12.6. The topological polar surface area (TPSA) is 74.6 Å². The second-order valence-corrected chi connectivity index (χ2v) is 9.47. The minimum absolute atomic E-state index is 0.0524. The second-order valence-electron chi connectivity index (χ2n) is 7.48. The first-order valence-electron chi connectivity index (χ1n) is 9.44. The molecule has 1 aromatic rings. The SMILES string of the molecule is Cn1cccc1[C@@H](CNC(=O)C1CCN(S(C)(=O)=O)CC1)N1CCCC1. The summed E-state index contributed by atoms with van der Waals surface area (Å²) in [6, 6.07) is 4.36.